The van der Waals surface area contributed by atoms with Crippen molar-refractivity contribution in [2.75, 3.05) is 32.8 Å². The number of hydrogen-bond donors (Lipinski definition) is 2. The summed E-state index contributed by atoms with van der Waals surface area (Å²) >= 11 is 0. The fraction of sp³-hybridized carbons (Fsp3) is 0.769. The number of piperidine rings is 1. The zero-order valence-electron chi connectivity index (χ0n) is 11.9. The van der Waals surface area contributed by atoms with Crippen LogP contribution >= 0.6 is 0 Å². The highest BCUT2D eigenvalue weighted by molar-refractivity contribution is 5.78. The van der Waals surface area contributed by atoms with E-state index >= 15 is 0 Å². The van der Waals surface area contributed by atoms with Crippen molar-refractivity contribution in [1.29, 1.82) is 5.26 Å². The second kappa shape index (κ2) is 9.15. The van der Waals surface area contributed by atoms with E-state index in [0.717, 1.165) is 12.8 Å². The molecule has 0 radical (unpaired) electrons. The Hall–Kier alpha value is -1.81. The Morgan fingerprint density at radius 1 is 1.40 bits per heavy atom. The van der Waals surface area contributed by atoms with Crippen LogP contribution in [0.5, 0.6) is 0 Å². The number of carbonyl (C=O) groups excluding carboxylic acids is 2. The number of carbonyl (C=O) groups is 2. The van der Waals surface area contributed by atoms with E-state index in [1.807, 2.05) is 6.07 Å². The minimum atomic E-state index is -0.264. The Kier molecular flexibility index (Phi) is 7.43. The molecule has 0 unspecified atom stereocenters. The quantitative estimate of drug-likeness (QED) is 0.680. The van der Waals surface area contributed by atoms with Gasteiger partial charge in [-0.25, -0.2) is 4.79 Å². The minimum Gasteiger partial charge on any atom is -0.450 e. The summed E-state index contributed by atoms with van der Waals surface area (Å²) in [4.78, 5) is 24.7. The molecule has 0 atom stereocenters. The minimum absolute atomic E-state index is 0.104. The van der Waals surface area contributed by atoms with E-state index in [1.165, 1.54) is 0 Å². The number of rotatable bonds is 6. The van der Waals surface area contributed by atoms with Crippen molar-refractivity contribution in [3.8, 4) is 6.07 Å². The Morgan fingerprint density at radius 2 is 2.10 bits per heavy atom. The molecular weight excluding hydrogens is 260 g/mol. The van der Waals surface area contributed by atoms with E-state index in [4.69, 9.17) is 10.00 Å². The normalized spacial score (nSPS) is 15.5. The van der Waals surface area contributed by atoms with E-state index in [1.54, 1.807) is 11.8 Å². The number of nitrogens with one attached hydrogen (secondary N) is 2. The predicted molar refractivity (Wildman–Crippen MR) is 72.9 cm³/mol. The van der Waals surface area contributed by atoms with Gasteiger partial charge in [-0.05, 0) is 19.8 Å². The summed E-state index contributed by atoms with van der Waals surface area (Å²) in [5, 5.41) is 14.2. The molecule has 2 amide bonds. The van der Waals surface area contributed by atoms with Crippen LogP contribution in [0, 0.1) is 11.3 Å². The molecule has 0 aromatic rings. The second-order valence-corrected chi connectivity index (χ2v) is 4.60. The van der Waals surface area contributed by atoms with Gasteiger partial charge in [-0.1, -0.05) is 0 Å². The molecule has 0 spiro atoms. The summed E-state index contributed by atoms with van der Waals surface area (Å²) in [5.41, 5.74) is 0. The molecule has 1 aliphatic heterocycles. The average molecular weight is 282 g/mol. The summed E-state index contributed by atoms with van der Waals surface area (Å²) in [6, 6.07) is 2.21. The zero-order valence-corrected chi connectivity index (χ0v) is 11.9. The van der Waals surface area contributed by atoms with Gasteiger partial charge in [-0.15, -0.1) is 0 Å². The van der Waals surface area contributed by atoms with Gasteiger partial charge in [0.1, 0.15) is 0 Å². The Bertz CT molecular complexity index is 359. The van der Waals surface area contributed by atoms with Crippen molar-refractivity contribution in [3.63, 3.8) is 0 Å². The summed E-state index contributed by atoms with van der Waals surface area (Å²) < 4.78 is 4.95. The number of nitriles is 1. The summed E-state index contributed by atoms with van der Waals surface area (Å²) in [5.74, 6) is -0.104. The molecule has 1 rings (SSSR count). The Labute approximate surface area is 119 Å². The lowest BCUT2D eigenvalue weighted by atomic mass is 10.1. The van der Waals surface area contributed by atoms with E-state index in [9.17, 15) is 9.59 Å². The molecule has 1 aliphatic rings. The predicted octanol–water partition coefficient (Wildman–Crippen LogP) is 0.227. The summed E-state index contributed by atoms with van der Waals surface area (Å²) in [6.45, 7) is 4.10. The van der Waals surface area contributed by atoms with Crippen LogP contribution in [0.3, 0.4) is 0 Å². The monoisotopic (exact) mass is 282 g/mol. The van der Waals surface area contributed by atoms with E-state index in [-0.39, 0.29) is 24.6 Å². The highest BCUT2D eigenvalue weighted by atomic mass is 16.6. The van der Waals surface area contributed by atoms with Gasteiger partial charge in [0.05, 0.1) is 25.6 Å². The largest absolute Gasteiger partial charge is 0.450 e. The zero-order chi connectivity index (χ0) is 14.8. The lowest BCUT2D eigenvalue weighted by Crippen LogP contribution is -2.47. The van der Waals surface area contributed by atoms with Crippen molar-refractivity contribution in [2.24, 2.45) is 0 Å². The third-order valence-electron chi connectivity index (χ3n) is 3.13. The highest BCUT2D eigenvalue weighted by Gasteiger charge is 2.23. The molecule has 112 valence electrons. The first kappa shape index (κ1) is 16.2. The smallest absolute Gasteiger partial charge is 0.409 e. The maximum Gasteiger partial charge on any atom is 0.409 e. The van der Waals surface area contributed by atoms with Crippen molar-refractivity contribution < 1.29 is 14.3 Å². The van der Waals surface area contributed by atoms with Crippen LogP contribution in [0.25, 0.3) is 0 Å². The number of nitrogens with zero attached hydrogens (tertiary/aromatic N) is 2. The second-order valence-electron chi connectivity index (χ2n) is 4.60. The molecule has 2 N–H and O–H groups in total. The van der Waals surface area contributed by atoms with Crippen molar-refractivity contribution >= 4 is 12.0 Å². The lowest BCUT2D eigenvalue weighted by molar-refractivity contribution is -0.120. The van der Waals surface area contributed by atoms with Gasteiger partial charge in [0.2, 0.25) is 5.91 Å². The van der Waals surface area contributed by atoms with Gasteiger partial charge in [0.15, 0.2) is 0 Å². The summed E-state index contributed by atoms with van der Waals surface area (Å²) in [6.07, 6.45) is 1.68. The molecule has 0 aliphatic carbocycles. The van der Waals surface area contributed by atoms with Crippen LogP contribution in [0.4, 0.5) is 4.79 Å². The average Bonchev–Trinajstić information content (AvgIpc) is 2.46. The van der Waals surface area contributed by atoms with Crippen LogP contribution < -0.4 is 10.6 Å². The standard InChI is InChI=1S/C13H22N4O3/c1-2-20-13(19)17-8-4-11(5-9-17)16-10-12(18)15-7-3-6-14/h11,16H,2-5,7-10H2,1H3,(H,15,18). The lowest BCUT2D eigenvalue weighted by Gasteiger charge is -2.31. The Balaban J connectivity index is 2.15. The number of hydrogen-bond acceptors (Lipinski definition) is 5. The van der Waals surface area contributed by atoms with Gasteiger partial charge in [0.25, 0.3) is 0 Å². The van der Waals surface area contributed by atoms with E-state index < -0.39 is 0 Å². The molecular formula is C13H22N4O3. The van der Waals surface area contributed by atoms with E-state index in [0.29, 0.717) is 32.7 Å². The fourth-order valence-electron chi connectivity index (χ4n) is 2.04. The van der Waals surface area contributed by atoms with Gasteiger partial charge in [-0.2, -0.15) is 5.26 Å². The maximum absolute atomic E-state index is 11.5. The Morgan fingerprint density at radius 3 is 2.70 bits per heavy atom. The van der Waals surface area contributed by atoms with Crippen LogP contribution in [-0.2, 0) is 9.53 Å². The summed E-state index contributed by atoms with van der Waals surface area (Å²) in [7, 11) is 0. The molecule has 1 heterocycles. The molecule has 0 aromatic heterocycles. The van der Waals surface area contributed by atoms with Gasteiger partial charge >= 0.3 is 6.09 Å². The maximum atomic E-state index is 11.5. The topological polar surface area (TPSA) is 94.5 Å². The van der Waals surface area contributed by atoms with Crippen LogP contribution in [0.2, 0.25) is 0 Å². The first-order chi connectivity index (χ1) is 9.67. The van der Waals surface area contributed by atoms with Crippen LogP contribution in [0.15, 0.2) is 0 Å². The number of ether oxygens (including phenoxy) is 1. The van der Waals surface area contributed by atoms with Crippen LogP contribution in [-0.4, -0.2) is 55.7 Å². The fourth-order valence-corrected chi connectivity index (χ4v) is 2.04. The van der Waals surface area contributed by atoms with Gasteiger partial charge < -0.3 is 20.3 Å². The molecule has 0 saturated carbocycles. The highest BCUT2D eigenvalue weighted by Crippen LogP contribution is 2.11. The molecule has 0 aromatic carbocycles. The molecule has 7 nitrogen and oxygen atoms in total. The molecule has 0 bridgehead atoms. The number of likely N-dealkylation sites (tertiary alicyclic amines) is 1. The van der Waals surface area contributed by atoms with Crippen LogP contribution in [0.1, 0.15) is 26.2 Å². The van der Waals surface area contributed by atoms with Gasteiger partial charge in [0, 0.05) is 25.7 Å². The SMILES string of the molecule is CCOC(=O)N1CCC(NCC(=O)NCCC#N)CC1. The van der Waals surface area contributed by atoms with Gasteiger partial charge in [-0.3, -0.25) is 4.79 Å². The van der Waals surface area contributed by atoms with Crippen molar-refractivity contribution in [3.05, 3.63) is 0 Å². The molecule has 20 heavy (non-hydrogen) atoms. The first-order valence-electron chi connectivity index (χ1n) is 6.96. The van der Waals surface area contributed by atoms with E-state index in [2.05, 4.69) is 10.6 Å². The number of amides is 2. The van der Waals surface area contributed by atoms with Crippen molar-refractivity contribution in [2.45, 2.75) is 32.2 Å². The van der Waals surface area contributed by atoms with Crippen molar-refractivity contribution in [1.82, 2.24) is 15.5 Å². The first-order valence-corrected chi connectivity index (χ1v) is 6.96. The molecule has 7 heteroatoms. The third kappa shape index (κ3) is 5.89. The molecule has 1 fully saturated rings. The third-order valence-corrected chi connectivity index (χ3v) is 3.13. The molecule has 1 saturated heterocycles.